The van der Waals surface area contributed by atoms with Crippen molar-refractivity contribution in [3.63, 3.8) is 0 Å². The van der Waals surface area contributed by atoms with Crippen LogP contribution >= 0.6 is 11.8 Å². The van der Waals surface area contributed by atoms with Gasteiger partial charge in [-0.25, -0.2) is 0 Å². The Balaban J connectivity index is 2.66. The van der Waals surface area contributed by atoms with Crippen molar-refractivity contribution in [1.82, 2.24) is 5.32 Å². The lowest BCUT2D eigenvalue weighted by molar-refractivity contribution is 0.0889. The van der Waals surface area contributed by atoms with Crippen LogP contribution in [0.3, 0.4) is 0 Å². The summed E-state index contributed by atoms with van der Waals surface area (Å²) < 4.78 is 5.40. The molecule has 0 aliphatic heterocycles. The first-order chi connectivity index (χ1) is 6.92. The number of carbonyl (C=O) groups is 1. The summed E-state index contributed by atoms with van der Waals surface area (Å²) >= 11 is 1.67. The van der Waals surface area contributed by atoms with Gasteiger partial charge >= 0.3 is 0 Å². The fourth-order valence-corrected chi connectivity index (χ4v) is 1.56. The molecule has 0 aliphatic rings. The molecule has 0 aromatic carbocycles. The Hall–Kier alpha value is -0.900. The van der Waals surface area contributed by atoms with Gasteiger partial charge in [-0.05, 0) is 39.2 Å². The fourth-order valence-electron chi connectivity index (χ4n) is 1.12. The van der Waals surface area contributed by atoms with Gasteiger partial charge in [0.15, 0.2) is 5.76 Å². The number of nitrogens with one attached hydrogen (secondary N) is 1. The first-order valence-electron chi connectivity index (χ1n) is 4.82. The molecule has 1 heterocycles. The van der Waals surface area contributed by atoms with Gasteiger partial charge in [0, 0.05) is 5.54 Å². The number of amides is 1. The van der Waals surface area contributed by atoms with E-state index in [0.717, 1.165) is 11.5 Å². The van der Waals surface area contributed by atoms with Gasteiger partial charge in [0.1, 0.15) is 5.76 Å². The average Bonchev–Trinajstić information content (AvgIpc) is 2.50. The van der Waals surface area contributed by atoms with Crippen LogP contribution in [0.1, 0.15) is 37.1 Å². The zero-order valence-electron chi connectivity index (χ0n) is 9.59. The number of thioether (sulfide) groups is 1. The van der Waals surface area contributed by atoms with Gasteiger partial charge in [0.25, 0.3) is 5.91 Å². The Morgan fingerprint density at radius 1 is 1.47 bits per heavy atom. The topological polar surface area (TPSA) is 42.2 Å². The SMILES string of the molecule is CSCc1ccc(C(=O)NC(C)(C)C)o1. The summed E-state index contributed by atoms with van der Waals surface area (Å²) in [6, 6.07) is 3.56. The highest BCUT2D eigenvalue weighted by molar-refractivity contribution is 7.97. The molecule has 0 spiro atoms. The second kappa shape index (κ2) is 4.75. The molecule has 0 unspecified atom stereocenters. The van der Waals surface area contributed by atoms with Crippen molar-refractivity contribution in [2.75, 3.05) is 6.26 Å². The zero-order chi connectivity index (χ0) is 11.5. The van der Waals surface area contributed by atoms with Crippen molar-refractivity contribution in [2.24, 2.45) is 0 Å². The maximum Gasteiger partial charge on any atom is 0.287 e. The van der Waals surface area contributed by atoms with E-state index in [1.54, 1.807) is 17.8 Å². The molecule has 0 radical (unpaired) electrons. The monoisotopic (exact) mass is 227 g/mol. The summed E-state index contributed by atoms with van der Waals surface area (Å²) in [5.74, 6) is 1.85. The summed E-state index contributed by atoms with van der Waals surface area (Å²) in [7, 11) is 0. The molecule has 3 nitrogen and oxygen atoms in total. The Morgan fingerprint density at radius 3 is 2.67 bits per heavy atom. The largest absolute Gasteiger partial charge is 0.455 e. The van der Waals surface area contributed by atoms with Crippen molar-refractivity contribution in [1.29, 1.82) is 0 Å². The van der Waals surface area contributed by atoms with Gasteiger partial charge in [0.2, 0.25) is 0 Å². The van der Waals surface area contributed by atoms with Gasteiger partial charge in [-0.1, -0.05) is 0 Å². The number of carbonyl (C=O) groups excluding carboxylic acids is 1. The fraction of sp³-hybridized carbons (Fsp3) is 0.545. The standard InChI is InChI=1S/C11H17NO2S/c1-11(2,3)12-10(13)9-6-5-8(14-9)7-15-4/h5-6H,7H2,1-4H3,(H,12,13). The van der Waals surface area contributed by atoms with Crippen LogP contribution in [0.4, 0.5) is 0 Å². The molecule has 15 heavy (non-hydrogen) atoms. The Morgan fingerprint density at radius 2 is 2.13 bits per heavy atom. The van der Waals surface area contributed by atoms with Gasteiger partial charge in [-0.3, -0.25) is 4.79 Å². The Labute approximate surface area is 94.6 Å². The van der Waals surface area contributed by atoms with E-state index in [2.05, 4.69) is 5.32 Å². The molecule has 0 bridgehead atoms. The van der Waals surface area contributed by atoms with E-state index in [4.69, 9.17) is 4.42 Å². The minimum atomic E-state index is -0.233. The van der Waals surface area contributed by atoms with E-state index in [1.165, 1.54) is 0 Å². The van der Waals surface area contributed by atoms with Gasteiger partial charge in [-0.15, -0.1) is 0 Å². The van der Waals surface area contributed by atoms with Crippen LogP contribution in [-0.4, -0.2) is 17.7 Å². The van der Waals surface area contributed by atoms with Gasteiger partial charge < -0.3 is 9.73 Å². The summed E-state index contributed by atoms with van der Waals surface area (Å²) in [6.07, 6.45) is 2.00. The third kappa shape index (κ3) is 4.00. The molecule has 1 rings (SSSR count). The van der Waals surface area contributed by atoms with E-state index in [-0.39, 0.29) is 11.4 Å². The summed E-state index contributed by atoms with van der Waals surface area (Å²) in [5, 5.41) is 2.85. The summed E-state index contributed by atoms with van der Waals surface area (Å²) in [4.78, 5) is 11.7. The van der Waals surface area contributed by atoms with E-state index in [9.17, 15) is 4.79 Å². The molecule has 1 aromatic heterocycles. The minimum absolute atomic E-state index is 0.158. The molecule has 1 amide bonds. The van der Waals surface area contributed by atoms with Crippen molar-refractivity contribution in [3.8, 4) is 0 Å². The highest BCUT2D eigenvalue weighted by Gasteiger charge is 2.17. The number of rotatable bonds is 3. The number of hydrogen-bond donors (Lipinski definition) is 1. The molecule has 84 valence electrons. The van der Waals surface area contributed by atoms with Crippen molar-refractivity contribution in [3.05, 3.63) is 23.7 Å². The maximum atomic E-state index is 11.7. The van der Waals surface area contributed by atoms with Crippen LogP contribution in [0.2, 0.25) is 0 Å². The highest BCUT2D eigenvalue weighted by atomic mass is 32.2. The molecule has 1 N–H and O–H groups in total. The third-order valence-electron chi connectivity index (χ3n) is 1.66. The molecular formula is C11H17NO2S. The molecule has 0 fully saturated rings. The molecule has 0 aliphatic carbocycles. The smallest absolute Gasteiger partial charge is 0.287 e. The van der Waals surface area contributed by atoms with Gasteiger partial charge in [0.05, 0.1) is 5.75 Å². The number of furan rings is 1. The minimum Gasteiger partial charge on any atom is -0.455 e. The van der Waals surface area contributed by atoms with Gasteiger partial charge in [-0.2, -0.15) is 11.8 Å². The lowest BCUT2D eigenvalue weighted by atomic mass is 10.1. The zero-order valence-corrected chi connectivity index (χ0v) is 10.4. The molecule has 0 saturated heterocycles. The van der Waals surface area contributed by atoms with Crippen LogP contribution in [0.25, 0.3) is 0 Å². The second-order valence-corrected chi connectivity index (χ2v) is 5.27. The Kier molecular flexibility index (Phi) is 3.85. The summed E-state index contributed by atoms with van der Waals surface area (Å²) in [6.45, 7) is 5.82. The lowest BCUT2D eigenvalue weighted by Crippen LogP contribution is -2.40. The first-order valence-corrected chi connectivity index (χ1v) is 6.22. The Bertz CT molecular complexity index is 339. The van der Waals surface area contributed by atoms with Crippen LogP contribution in [0.5, 0.6) is 0 Å². The lowest BCUT2D eigenvalue weighted by Gasteiger charge is -2.19. The van der Waals surface area contributed by atoms with Crippen LogP contribution in [0, 0.1) is 0 Å². The van der Waals surface area contributed by atoms with E-state index < -0.39 is 0 Å². The first kappa shape index (κ1) is 12.2. The average molecular weight is 227 g/mol. The van der Waals surface area contributed by atoms with Crippen molar-refractivity contribution >= 4 is 17.7 Å². The predicted molar refractivity (Wildman–Crippen MR) is 63.1 cm³/mol. The molecular weight excluding hydrogens is 210 g/mol. The molecule has 4 heteroatoms. The predicted octanol–water partition coefficient (Wildman–Crippen LogP) is 2.67. The number of hydrogen-bond acceptors (Lipinski definition) is 3. The third-order valence-corrected chi connectivity index (χ3v) is 2.23. The van der Waals surface area contributed by atoms with E-state index >= 15 is 0 Å². The second-order valence-electron chi connectivity index (χ2n) is 4.40. The van der Waals surface area contributed by atoms with E-state index in [1.807, 2.05) is 33.1 Å². The van der Waals surface area contributed by atoms with Crippen LogP contribution < -0.4 is 5.32 Å². The van der Waals surface area contributed by atoms with Crippen molar-refractivity contribution < 1.29 is 9.21 Å². The molecule has 0 saturated carbocycles. The van der Waals surface area contributed by atoms with Crippen LogP contribution in [0.15, 0.2) is 16.5 Å². The normalized spacial score (nSPS) is 11.5. The summed E-state index contributed by atoms with van der Waals surface area (Å²) in [5.41, 5.74) is -0.233. The maximum absolute atomic E-state index is 11.7. The van der Waals surface area contributed by atoms with E-state index in [0.29, 0.717) is 5.76 Å². The highest BCUT2D eigenvalue weighted by Crippen LogP contribution is 2.14. The molecule has 1 aromatic rings. The van der Waals surface area contributed by atoms with Crippen LogP contribution in [-0.2, 0) is 5.75 Å². The van der Waals surface area contributed by atoms with Crippen molar-refractivity contribution in [2.45, 2.75) is 32.1 Å². The molecule has 0 atom stereocenters. The quantitative estimate of drug-likeness (QED) is 0.863.